The van der Waals surface area contributed by atoms with Gasteiger partial charge in [0.15, 0.2) is 0 Å². The number of nitrogens with one attached hydrogen (secondary N) is 2. The Morgan fingerprint density at radius 1 is 0.568 bits per heavy atom. The van der Waals surface area contributed by atoms with E-state index in [-0.39, 0.29) is 37.6 Å². The van der Waals surface area contributed by atoms with Gasteiger partial charge in [-0.25, -0.2) is 0 Å². The zero-order chi connectivity index (χ0) is 23.5. The van der Waals surface area contributed by atoms with E-state index < -0.39 is 0 Å². The number of fused-ring (bicyclic) bond motifs is 5. The second kappa shape index (κ2) is 12.6. The summed E-state index contributed by atoms with van der Waals surface area (Å²) in [5.74, 6) is -0.147. The Morgan fingerprint density at radius 2 is 1.11 bits per heavy atom. The van der Waals surface area contributed by atoms with Gasteiger partial charge in [0.2, 0.25) is 5.78 Å². The van der Waals surface area contributed by atoms with Gasteiger partial charge in [0, 0.05) is 23.5 Å². The normalized spacial score (nSPS) is 10.8. The first-order chi connectivity index (χ1) is 16.6. The summed E-state index contributed by atoms with van der Waals surface area (Å²) in [6.45, 7) is 0. The Kier molecular flexibility index (Phi) is 9.92. The smallest absolute Gasteiger partial charge is 0.344 e. The van der Waals surface area contributed by atoms with Gasteiger partial charge in [0.05, 0.1) is 11.4 Å². The maximum Gasteiger partial charge on any atom is 3.00 e. The van der Waals surface area contributed by atoms with Crippen molar-refractivity contribution in [3.63, 3.8) is 0 Å². The first kappa shape index (κ1) is 29.0. The van der Waals surface area contributed by atoms with Gasteiger partial charge in [-0.15, -0.1) is 0 Å². The number of carbonyl (C=O) groups is 1. The number of hydrogen-bond acceptors (Lipinski definition) is 7. The Labute approximate surface area is 228 Å². The molecule has 2 aromatic heterocycles. The Hall–Kier alpha value is -4.23. The van der Waals surface area contributed by atoms with Crippen molar-refractivity contribution in [2.24, 2.45) is 0 Å². The van der Waals surface area contributed by atoms with Crippen LogP contribution in [0.2, 0.25) is 0 Å². The first-order valence-electron chi connectivity index (χ1n) is 10.8. The zero-order valence-electron chi connectivity index (χ0n) is 19.9. The van der Waals surface area contributed by atoms with Crippen LogP contribution in [0.1, 0.15) is 27.3 Å². The summed E-state index contributed by atoms with van der Waals surface area (Å²) in [4.78, 5) is 19.7. The van der Waals surface area contributed by atoms with Crippen molar-refractivity contribution in [1.29, 1.82) is 10.8 Å². The van der Waals surface area contributed by atoms with Crippen LogP contribution in [0, 0.1) is 10.8 Å². The van der Waals surface area contributed by atoms with Gasteiger partial charge in [-0.1, -0.05) is 72.8 Å². The number of rotatable bonds is 2. The fourth-order valence-electron chi connectivity index (χ4n) is 4.09. The molecule has 0 unspecified atom stereocenters. The number of pyridine rings is 2. The van der Waals surface area contributed by atoms with E-state index in [0.717, 1.165) is 33.0 Å². The van der Waals surface area contributed by atoms with E-state index in [2.05, 4.69) is 22.1 Å². The molecule has 6 rings (SSSR count). The molecule has 8 N–H and O–H groups in total. The molecule has 0 saturated carbocycles. The number of nitrogens with zero attached hydrogens (tertiary/aromatic N) is 2. The Morgan fingerprint density at radius 3 is 1.70 bits per heavy atom. The maximum atomic E-state index is 11.7. The molecule has 5 aromatic rings. The average Bonchev–Trinajstić information content (AvgIpc) is 2.92. The summed E-state index contributed by atoms with van der Waals surface area (Å²) in [5, 5.41) is 18.8. The average molecular weight is 577 g/mol. The summed E-state index contributed by atoms with van der Waals surface area (Å²) < 4.78 is 0. The minimum absolute atomic E-state index is 0. The number of benzene rings is 3. The number of ketones is 1. The molecular weight excluding hydrogens is 551 g/mol. The van der Waals surface area contributed by atoms with Gasteiger partial charge in [-0.2, -0.15) is 0 Å². The summed E-state index contributed by atoms with van der Waals surface area (Å²) in [7, 11) is 0. The van der Waals surface area contributed by atoms with Crippen LogP contribution in [-0.2, 0) is 19.5 Å². The third-order valence-electron chi connectivity index (χ3n) is 5.71. The molecule has 37 heavy (non-hydrogen) atoms. The van der Waals surface area contributed by atoms with Crippen molar-refractivity contribution in [2.75, 3.05) is 0 Å². The molecule has 0 fully saturated rings. The third-order valence-corrected chi connectivity index (χ3v) is 5.71. The fraction of sp³-hybridized carbons (Fsp3) is 0. The molecule has 0 aliphatic heterocycles. The molecule has 2 heterocycles. The van der Waals surface area contributed by atoms with Crippen LogP contribution in [-0.4, -0.2) is 27.2 Å². The van der Waals surface area contributed by atoms with Crippen LogP contribution in [0.4, 0.5) is 0 Å². The Bertz CT molecular complexity index is 1510. The van der Waals surface area contributed by atoms with Crippen molar-refractivity contribution < 1.29 is 24.3 Å². The van der Waals surface area contributed by atoms with E-state index >= 15 is 0 Å². The molecule has 0 spiro atoms. The SMILES string of the molecule is N.N.N=C1C(=N)c2c(ccc3ccccc23)-c2ccccc21.O=C(c1ccccn1)c1ccccn1.[Rh+3]. The summed E-state index contributed by atoms with van der Waals surface area (Å²) in [6, 6.07) is 30.5. The van der Waals surface area contributed by atoms with Crippen LogP contribution < -0.4 is 12.3 Å². The molecule has 1 aliphatic carbocycles. The van der Waals surface area contributed by atoms with E-state index in [1.54, 1.807) is 48.8 Å². The molecule has 1 aliphatic rings. The zero-order valence-corrected chi connectivity index (χ0v) is 21.6. The quantitative estimate of drug-likeness (QED) is 0.143. The molecule has 0 radical (unpaired) electrons. The summed E-state index contributed by atoms with van der Waals surface area (Å²) in [5.41, 5.74) is 5.30. The van der Waals surface area contributed by atoms with E-state index in [9.17, 15) is 4.79 Å². The maximum absolute atomic E-state index is 11.7. The van der Waals surface area contributed by atoms with Crippen LogP contribution >= 0.6 is 0 Å². The fourth-order valence-corrected chi connectivity index (χ4v) is 4.09. The van der Waals surface area contributed by atoms with Crippen molar-refractivity contribution in [2.45, 2.75) is 0 Å². The topological polar surface area (TPSA) is 161 Å². The van der Waals surface area contributed by atoms with E-state index in [1.807, 2.05) is 48.5 Å². The predicted molar refractivity (Wildman–Crippen MR) is 145 cm³/mol. The van der Waals surface area contributed by atoms with Crippen molar-refractivity contribution in [3.8, 4) is 11.1 Å². The molecule has 0 atom stereocenters. The summed E-state index contributed by atoms with van der Waals surface area (Å²) in [6.07, 6.45) is 3.19. The molecule has 8 heteroatoms. The van der Waals surface area contributed by atoms with Gasteiger partial charge in [-0.3, -0.25) is 25.6 Å². The largest absolute Gasteiger partial charge is 3.00 e. The van der Waals surface area contributed by atoms with Crippen LogP contribution in [0.15, 0.2) is 109 Å². The monoisotopic (exact) mass is 577 g/mol. The molecule has 0 amide bonds. The predicted octanol–water partition coefficient (Wildman–Crippen LogP) is 6.29. The molecule has 184 valence electrons. The summed E-state index contributed by atoms with van der Waals surface area (Å²) >= 11 is 0. The number of carbonyl (C=O) groups excluding carboxylic acids is 1. The van der Waals surface area contributed by atoms with Crippen molar-refractivity contribution in [1.82, 2.24) is 22.3 Å². The third kappa shape index (κ3) is 5.62. The molecule has 3 aromatic carbocycles. The molecular formula is C29H26N6ORh+3. The van der Waals surface area contributed by atoms with E-state index in [4.69, 9.17) is 10.8 Å². The molecule has 7 nitrogen and oxygen atoms in total. The number of aromatic nitrogens is 2. The van der Waals surface area contributed by atoms with Gasteiger partial charge < -0.3 is 12.3 Å². The van der Waals surface area contributed by atoms with Crippen molar-refractivity contribution >= 4 is 28.0 Å². The molecule has 0 bridgehead atoms. The van der Waals surface area contributed by atoms with Gasteiger partial charge in [0.25, 0.3) is 0 Å². The second-order valence-corrected chi connectivity index (χ2v) is 7.76. The van der Waals surface area contributed by atoms with E-state index in [0.29, 0.717) is 22.8 Å². The first-order valence-corrected chi connectivity index (χ1v) is 10.8. The van der Waals surface area contributed by atoms with Gasteiger partial charge in [-0.05, 0) is 46.2 Å². The van der Waals surface area contributed by atoms with Gasteiger partial charge in [0.1, 0.15) is 11.4 Å². The minimum atomic E-state index is -0.147. The second-order valence-electron chi connectivity index (χ2n) is 7.76. The minimum Gasteiger partial charge on any atom is -0.344 e. The Balaban J connectivity index is 0.000000254. The van der Waals surface area contributed by atoms with Crippen LogP contribution in [0.5, 0.6) is 0 Å². The van der Waals surface area contributed by atoms with Crippen LogP contribution in [0.25, 0.3) is 21.9 Å². The van der Waals surface area contributed by atoms with Crippen molar-refractivity contribution in [3.05, 3.63) is 132 Å². The van der Waals surface area contributed by atoms with E-state index in [1.165, 1.54) is 0 Å². The number of hydrogen-bond donors (Lipinski definition) is 4. The van der Waals surface area contributed by atoms with Crippen LogP contribution in [0.3, 0.4) is 0 Å². The molecule has 0 saturated heterocycles. The van der Waals surface area contributed by atoms with Gasteiger partial charge >= 0.3 is 19.5 Å². The standard InChI is InChI=1S/C18H12N2.C11H8N2O.2H3N.Rh/c19-17-15-8-4-3-7-13(15)14-10-9-11-5-1-2-6-12(11)16(14)18(17)20;14-11(9-5-1-3-7-12-9)10-6-2-4-8-13-10;;;/h1-10,19-20H;1-8H;2*1H3;/q;;;;+3.